The Morgan fingerprint density at radius 3 is 2.37 bits per heavy atom. The van der Waals surface area contributed by atoms with Crippen LogP contribution < -0.4 is 10.6 Å². The van der Waals surface area contributed by atoms with E-state index in [2.05, 4.69) is 15.6 Å². The molecule has 0 aliphatic rings. The summed E-state index contributed by atoms with van der Waals surface area (Å²) in [6.07, 6.45) is 3.04. The zero-order chi connectivity index (χ0) is 24.8. The van der Waals surface area contributed by atoms with Crippen LogP contribution in [-0.4, -0.2) is 27.9 Å². The number of fused-ring (bicyclic) bond motifs is 1. The summed E-state index contributed by atoms with van der Waals surface area (Å²) in [4.78, 5) is 41.2. The van der Waals surface area contributed by atoms with Crippen molar-refractivity contribution in [1.82, 2.24) is 10.3 Å². The van der Waals surface area contributed by atoms with Gasteiger partial charge in [0.05, 0.1) is 23.5 Å². The van der Waals surface area contributed by atoms with E-state index >= 15 is 0 Å². The average molecular weight is 466 g/mol. The maximum atomic E-state index is 12.7. The number of nitrogens with one attached hydrogen (secondary N) is 2. The molecule has 7 heteroatoms. The Morgan fingerprint density at radius 2 is 1.63 bits per heavy atom. The summed E-state index contributed by atoms with van der Waals surface area (Å²) in [5.41, 5.74) is 2.42. The fourth-order valence-corrected chi connectivity index (χ4v) is 3.63. The number of carboxylic acids is 1. The smallest absolute Gasteiger partial charge is 0.337 e. The summed E-state index contributed by atoms with van der Waals surface area (Å²) < 4.78 is 0. The highest BCUT2D eigenvalue weighted by Crippen LogP contribution is 2.22. The van der Waals surface area contributed by atoms with Crippen molar-refractivity contribution >= 4 is 39.8 Å². The lowest BCUT2D eigenvalue weighted by atomic mass is 10.0. The van der Waals surface area contributed by atoms with Gasteiger partial charge in [-0.05, 0) is 65.2 Å². The topological polar surface area (TPSA) is 108 Å². The predicted octanol–water partition coefficient (Wildman–Crippen LogP) is 4.91. The minimum absolute atomic E-state index is 0.0375. The normalized spacial score (nSPS) is 11.2. The first-order valence-corrected chi connectivity index (χ1v) is 10.9. The lowest BCUT2D eigenvalue weighted by Gasteiger charge is -2.11. The number of aromatic nitrogens is 1. The molecular weight excluding hydrogens is 442 g/mol. The summed E-state index contributed by atoms with van der Waals surface area (Å²) in [6.45, 7) is 2.03. The van der Waals surface area contributed by atoms with E-state index in [-0.39, 0.29) is 23.4 Å². The van der Waals surface area contributed by atoms with E-state index in [9.17, 15) is 19.5 Å². The van der Waals surface area contributed by atoms with Gasteiger partial charge in [0.15, 0.2) is 0 Å². The van der Waals surface area contributed by atoms with Crippen molar-refractivity contribution in [2.45, 2.75) is 13.5 Å². The zero-order valence-corrected chi connectivity index (χ0v) is 19.0. The van der Waals surface area contributed by atoms with Crippen LogP contribution in [0.15, 0.2) is 91.1 Å². The Morgan fingerprint density at radius 1 is 0.886 bits per heavy atom. The molecule has 4 aromatic rings. The van der Waals surface area contributed by atoms with E-state index in [1.54, 1.807) is 18.3 Å². The molecule has 0 aliphatic heterocycles. The van der Waals surface area contributed by atoms with Gasteiger partial charge in [0, 0.05) is 17.8 Å². The number of carbonyl (C=O) groups is 3. The Hall–Kier alpha value is -4.78. The minimum atomic E-state index is -1.21. The minimum Gasteiger partial charge on any atom is -0.478 e. The first-order chi connectivity index (χ1) is 16.9. The van der Waals surface area contributed by atoms with Crippen LogP contribution in [0.1, 0.15) is 38.9 Å². The van der Waals surface area contributed by atoms with Gasteiger partial charge in [-0.15, -0.1) is 0 Å². The Labute approximate surface area is 202 Å². The quantitative estimate of drug-likeness (QED) is 0.336. The third-order valence-corrected chi connectivity index (χ3v) is 5.48. The second-order valence-electron chi connectivity index (χ2n) is 7.95. The van der Waals surface area contributed by atoms with Crippen LogP contribution in [0.3, 0.4) is 0 Å². The third kappa shape index (κ3) is 5.78. The average Bonchev–Trinajstić information content (AvgIpc) is 2.87. The van der Waals surface area contributed by atoms with Gasteiger partial charge in [-0.3, -0.25) is 14.6 Å². The van der Waals surface area contributed by atoms with Crippen molar-refractivity contribution in [2.75, 3.05) is 5.32 Å². The van der Waals surface area contributed by atoms with Gasteiger partial charge in [-0.25, -0.2) is 4.79 Å². The summed E-state index contributed by atoms with van der Waals surface area (Å²) in [7, 11) is 0. The van der Waals surface area contributed by atoms with E-state index in [4.69, 9.17) is 0 Å². The van der Waals surface area contributed by atoms with Crippen molar-refractivity contribution < 1.29 is 19.5 Å². The molecule has 0 saturated carbocycles. The largest absolute Gasteiger partial charge is 0.478 e. The Kier molecular flexibility index (Phi) is 6.97. The molecule has 0 saturated heterocycles. The number of anilines is 1. The molecule has 4 rings (SSSR count). The number of rotatable bonds is 7. The number of carboxylic acid groups (broad SMARTS) is 1. The van der Waals surface area contributed by atoms with Crippen molar-refractivity contribution in [2.24, 2.45) is 0 Å². The van der Waals surface area contributed by atoms with Gasteiger partial charge in [-0.2, -0.15) is 0 Å². The Balaban J connectivity index is 1.52. The maximum absolute atomic E-state index is 12.7. The molecule has 174 valence electrons. The predicted molar refractivity (Wildman–Crippen MR) is 135 cm³/mol. The summed E-state index contributed by atoms with van der Waals surface area (Å²) in [5, 5.41) is 17.0. The molecule has 0 fully saturated rings. The molecule has 0 atom stereocenters. The molecular formula is C28H23N3O4. The molecule has 1 aromatic heterocycles. The zero-order valence-electron chi connectivity index (χ0n) is 19.0. The number of hydrogen-bond acceptors (Lipinski definition) is 4. The van der Waals surface area contributed by atoms with Gasteiger partial charge < -0.3 is 15.7 Å². The van der Waals surface area contributed by atoms with E-state index in [0.717, 1.165) is 21.9 Å². The monoisotopic (exact) mass is 465 g/mol. The van der Waals surface area contributed by atoms with Crippen molar-refractivity contribution in [3.05, 3.63) is 114 Å². The lowest BCUT2D eigenvalue weighted by Crippen LogP contribution is -2.24. The van der Waals surface area contributed by atoms with Crippen LogP contribution in [-0.2, 0) is 11.3 Å². The standard InChI is InChI=1S/C28H23N3O4/c1-18(20-10-9-19-6-2-3-7-21(19)15-20)14-26(32)31-25-16-22(11-12-24(25)28(34)35)27(33)30-17-23-8-4-5-13-29-23/h2-16H,17H2,1H3,(H,30,33)(H,31,32)(H,34,35)/b18-14-. The second-order valence-corrected chi connectivity index (χ2v) is 7.95. The number of benzene rings is 3. The first kappa shape index (κ1) is 23.4. The van der Waals surface area contributed by atoms with E-state index < -0.39 is 17.8 Å². The summed E-state index contributed by atoms with van der Waals surface area (Å²) >= 11 is 0. The van der Waals surface area contributed by atoms with Crippen LogP contribution in [0.2, 0.25) is 0 Å². The van der Waals surface area contributed by atoms with Crippen LogP contribution in [0, 0.1) is 0 Å². The number of carbonyl (C=O) groups excluding carboxylic acids is 2. The highest BCUT2D eigenvalue weighted by molar-refractivity contribution is 6.08. The number of allylic oxidation sites excluding steroid dienone is 1. The lowest BCUT2D eigenvalue weighted by molar-refractivity contribution is -0.111. The molecule has 0 unspecified atom stereocenters. The van der Waals surface area contributed by atoms with Gasteiger partial charge >= 0.3 is 5.97 Å². The number of amides is 2. The van der Waals surface area contributed by atoms with Crippen molar-refractivity contribution in [1.29, 1.82) is 0 Å². The van der Waals surface area contributed by atoms with Gasteiger partial charge in [-0.1, -0.05) is 42.5 Å². The van der Waals surface area contributed by atoms with Gasteiger partial charge in [0.1, 0.15) is 0 Å². The summed E-state index contributed by atoms with van der Waals surface area (Å²) in [6, 6.07) is 23.3. The van der Waals surface area contributed by atoms with E-state index in [1.165, 1.54) is 24.3 Å². The van der Waals surface area contributed by atoms with Gasteiger partial charge in [0.2, 0.25) is 5.91 Å². The fourth-order valence-electron chi connectivity index (χ4n) is 3.63. The fraction of sp³-hybridized carbons (Fsp3) is 0.0714. The second kappa shape index (κ2) is 10.4. The molecule has 0 aliphatic carbocycles. The van der Waals surface area contributed by atoms with Crippen LogP contribution in [0.5, 0.6) is 0 Å². The van der Waals surface area contributed by atoms with Crippen LogP contribution >= 0.6 is 0 Å². The molecule has 3 aromatic carbocycles. The highest BCUT2D eigenvalue weighted by Gasteiger charge is 2.16. The molecule has 0 bridgehead atoms. The van der Waals surface area contributed by atoms with Crippen LogP contribution in [0.25, 0.3) is 16.3 Å². The number of aromatic carboxylic acids is 1. The third-order valence-electron chi connectivity index (χ3n) is 5.48. The first-order valence-electron chi connectivity index (χ1n) is 10.9. The number of hydrogen-bond donors (Lipinski definition) is 3. The van der Waals surface area contributed by atoms with Crippen molar-refractivity contribution in [3.63, 3.8) is 0 Å². The molecule has 3 N–H and O–H groups in total. The molecule has 1 heterocycles. The highest BCUT2D eigenvalue weighted by atomic mass is 16.4. The van der Waals surface area contributed by atoms with E-state index in [1.807, 2.05) is 55.5 Å². The molecule has 0 spiro atoms. The maximum Gasteiger partial charge on any atom is 0.337 e. The summed E-state index contributed by atoms with van der Waals surface area (Å²) in [5.74, 6) is -2.12. The molecule has 35 heavy (non-hydrogen) atoms. The Bertz CT molecular complexity index is 1450. The van der Waals surface area contributed by atoms with E-state index in [0.29, 0.717) is 5.69 Å². The molecule has 0 radical (unpaired) electrons. The number of pyridine rings is 1. The van der Waals surface area contributed by atoms with Crippen LogP contribution in [0.4, 0.5) is 5.69 Å². The SMILES string of the molecule is C/C(=C/C(=O)Nc1cc(C(=O)NCc2ccccn2)ccc1C(=O)O)c1ccc2ccccc2c1. The number of nitrogens with zero attached hydrogens (tertiary/aromatic N) is 1. The molecule has 2 amide bonds. The van der Waals surface area contributed by atoms with Crippen molar-refractivity contribution in [3.8, 4) is 0 Å². The molecule has 7 nitrogen and oxygen atoms in total. The van der Waals surface area contributed by atoms with Gasteiger partial charge in [0.25, 0.3) is 5.91 Å².